The van der Waals surface area contributed by atoms with Gasteiger partial charge in [-0.15, -0.1) is 0 Å². The first-order valence-electron chi connectivity index (χ1n) is 8.46. The third-order valence-electron chi connectivity index (χ3n) is 4.22. The largest absolute Gasteiger partial charge is 0.504 e. The second kappa shape index (κ2) is 8.26. The maximum atomic E-state index is 13.0. The monoisotopic (exact) mass is 470 g/mol. The van der Waals surface area contributed by atoms with Crippen molar-refractivity contribution in [3.63, 3.8) is 0 Å². The van der Waals surface area contributed by atoms with Gasteiger partial charge >= 0.3 is 11.9 Å². The fourth-order valence-corrected chi connectivity index (χ4v) is 3.95. The van der Waals surface area contributed by atoms with Crippen LogP contribution in [0, 0.1) is 5.82 Å². The van der Waals surface area contributed by atoms with Gasteiger partial charge in [-0.05, 0) is 48.5 Å². The smallest absolute Gasteiger partial charge is 0.327 e. The van der Waals surface area contributed by atoms with Crippen molar-refractivity contribution in [3.05, 3.63) is 77.8 Å². The molecule has 7 N–H and O–H groups in total. The van der Waals surface area contributed by atoms with Crippen LogP contribution in [0.25, 0.3) is 0 Å². The number of sulfonamides is 1. The van der Waals surface area contributed by atoms with E-state index >= 15 is 0 Å². The summed E-state index contributed by atoms with van der Waals surface area (Å²) in [5, 5.41) is 48.3. The van der Waals surface area contributed by atoms with Gasteiger partial charge in [-0.2, -0.15) is 4.72 Å². The van der Waals surface area contributed by atoms with Gasteiger partial charge in [0.05, 0.1) is 4.90 Å². The molecule has 1 amide bonds. The molecule has 0 saturated carbocycles. The van der Waals surface area contributed by atoms with Crippen molar-refractivity contribution in [1.82, 2.24) is 10.2 Å². The summed E-state index contributed by atoms with van der Waals surface area (Å²) in [4.78, 5) is 11.7. The lowest BCUT2D eigenvalue weighted by Crippen LogP contribution is -2.62. The van der Waals surface area contributed by atoms with Crippen LogP contribution in [0.4, 0.5) is 4.39 Å². The lowest BCUT2D eigenvalue weighted by Gasteiger charge is -2.32. The van der Waals surface area contributed by atoms with Crippen LogP contribution in [0.5, 0.6) is 11.5 Å². The van der Waals surface area contributed by atoms with Crippen LogP contribution in [-0.2, 0) is 19.6 Å². The lowest BCUT2D eigenvalue weighted by atomic mass is 9.94. The molecule has 12 nitrogen and oxygen atoms in total. The van der Waals surface area contributed by atoms with Crippen LogP contribution < -0.4 is 14.9 Å². The van der Waals surface area contributed by atoms with Gasteiger partial charge in [0.25, 0.3) is 5.91 Å². The molecule has 14 heteroatoms. The number of carbonyl (C=O) groups is 1. The van der Waals surface area contributed by atoms with Crippen molar-refractivity contribution in [2.24, 2.45) is 0 Å². The number of hydroxylamine groups is 1. The Hall–Kier alpha value is -4.01. The highest BCUT2D eigenvalue weighted by atomic mass is 32.2. The molecular formula is C18H15FN2O10S. The Bertz CT molecular complexity index is 1180. The van der Waals surface area contributed by atoms with Gasteiger partial charge in [0.2, 0.25) is 27.1 Å². The molecule has 0 radical (unpaired) electrons. The molecule has 0 aliphatic carbocycles. The molecule has 170 valence electrons. The molecule has 1 aliphatic rings. The topological polar surface area (TPSA) is 195 Å². The average Bonchev–Trinajstić information content (AvgIpc) is 2.77. The fourth-order valence-electron chi connectivity index (χ4n) is 2.65. The molecule has 0 bridgehead atoms. The Morgan fingerprint density at radius 2 is 1.38 bits per heavy atom. The first-order chi connectivity index (χ1) is 15.0. The van der Waals surface area contributed by atoms with Crippen LogP contribution in [0.3, 0.4) is 0 Å². The Balaban J connectivity index is 1.95. The Kier molecular flexibility index (Phi) is 5.85. The normalized spacial score (nSPS) is 15.8. The minimum atomic E-state index is -4.77. The van der Waals surface area contributed by atoms with Gasteiger partial charge in [0.15, 0.2) is 0 Å². The number of carbonyl (C=O) groups excluding carboxylic acids is 1. The van der Waals surface area contributed by atoms with E-state index in [4.69, 9.17) is 9.94 Å². The van der Waals surface area contributed by atoms with Gasteiger partial charge in [0, 0.05) is 0 Å². The number of aliphatic hydroxyl groups excluding tert-OH is 4. The molecule has 0 fully saturated rings. The fraction of sp³-hybridized carbons (Fsp3) is 0.0556. The van der Waals surface area contributed by atoms with Crippen molar-refractivity contribution >= 4 is 15.9 Å². The molecule has 0 aromatic heterocycles. The number of halogens is 1. The highest BCUT2D eigenvalue weighted by Crippen LogP contribution is 2.34. The molecule has 2 aromatic carbocycles. The van der Waals surface area contributed by atoms with Crippen LogP contribution in [0.1, 0.15) is 0 Å². The average molecular weight is 470 g/mol. The molecule has 1 aliphatic heterocycles. The summed E-state index contributed by atoms with van der Waals surface area (Å²) in [5.74, 6) is -8.02. The number of aliphatic hydroxyl groups is 4. The van der Waals surface area contributed by atoms with Gasteiger partial charge in [-0.3, -0.25) is 10.0 Å². The highest BCUT2D eigenvalue weighted by molar-refractivity contribution is 7.89. The minimum Gasteiger partial charge on any atom is -0.504 e. The zero-order valence-electron chi connectivity index (χ0n) is 15.7. The van der Waals surface area contributed by atoms with Crippen LogP contribution in [-0.4, -0.2) is 45.5 Å². The summed E-state index contributed by atoms with van der Waals surface area (Å²) < 4.78 is 49.8. The third kappa shape index (κ3) is 3.96. The Labute approximate surface area is 179 Å². The zero-order valence-corrected chi connectivity index (χ0v) is 16.5. The molecule has 0 atom stereocenters. The first-order valence-corrected chi connectivity index (χ1v) is 9.95. The minimum absolute atomic E-state index is 0.158. The van der Waals surface area contributed by atoms with Crippen molar-refractivity contribution in [3.8, 4) is 11.5 Å². The molecule has 0 spiro atoms. The van der Waals surface area contributed by atoms with Crippen molar-refractivity contribution in [2.75, 3.05) is 0 Å². The van der Waals surface area contributed by atoms with E-state index in [-0.39, 0.29) is 11.5 Å². The van der Waals surface area contributed by atoms with E-state index in [2.05, 4.69) is 4.74 Å². The second-order valence-electron chi connectivity index (χ2n) is 6.23. The summed E-state index contributed by atoms with van der Waals surface area (Å²) >= 11 is 0. The van der Waals surface area contributed by atoms with Crippen molar-refractivity contribution in [1.29, 1.82) is 0 Å². The summed E-state index contributed by atoms with van der Waals surface area (Å²) in [7, 11) is -4.77. The number of benzene rings is 2. The number of ether oxygens (including phenoxy) is 2. The van der Waals surface area contributed by atoms with E-state index in [0.717, 1.165) is 29.7 Å². The van der Waals surface area contributed by atoms with Crippen LogP contribution >= 0.6 is 0 Å². The quantitative estimate of drug-likeness (QED) is 0.241. The first kappa shape index (κ1) is 22.7. The van der Waals surface area contributed by atoms with Crippen LogP contribution in [0.15, 0.2) is 76.8 Å². The Morgan fingerprint density at radius 1 is 0.906 bits per heavy atom. The van der Waals surface area contributed by atoms with Gasteiger partial charge < -0.3 is 29.9 Å². The SMILES string of the molecule is O=C(NO)C1(NS(=O)(=O)c2ccc(Oc3ccc(F)cc3)cc2)C(O)=C(O)OC(O)=C1O. The van der Waals surface area contributed by atoms with Crippen molar-refractivity contribution in [2.45, 2.75) is 10.4 Å². The standard InChI is InChI=1S/C18H15FN2O10S/c19-9-1-3-10(4-2-9)30-11-5-7-12(8-6-11)32(28,29)21-18(17(26)20-27)13(22)15(24)31-16(25)14(18)23/h1-8,21-25,27H,(H,20,26). The van der Waals surface area contributed by atoms with E-state index in [9.17, 15) is 38.0 Å². The summed E-state index contributed by atoms with van der Waals surface area (Å²) in [6.07, 6.45) is 0. The van der Waals surface area contributed by atoms with E-state index in [0.29, 0.717) is 0 Å². The Morgan fingerprint density at radius 3 is 1.84 bits per heavy atom. The molecular weight excluding hydrogens is 455 g/mol. The molecule has 0 unspecified atom stereocenters. The maximum Gasteiger partial charge on any atom is 0.327 e. The summed E-state index contributed by atoms with van der Waals surface area (Å²) in [6, 6.07) is 9.45. The lowest BCUT2D eigenvalue weighted by molar-refractivity contribution is -0.136. The third-order valence-corrected chi connectivity index (χ3v) is 5.69. The van der Waals surface area contributed by atoms with Crippen molar-refractivity contribution < 1.29 is 52.7 Å². The molecule has 2 aromatic rings. The van der Waals surface area contributed by atoms with Crippen LogP contribution in [0.2, 0.25) is 0 Å². The summed E-state index contributed by atoms with van der Waals surface area (Å²) in [6.45, 7) is 0. The van der Waals surface area contributed by atoms with E-state index < -0.39 is 55.6 Å². The number of hydrogen-bond acceptors (Lipinski definition) is 10. The molecule has 32 heavy (non-hydrogen) atoms. The molecule has 1 heterocycles. The van der Waals surface area contributed by atoms with E-state index in [1.165, 1.54) is 24.3 Å². The van der Waals surface area contributed by atoms with Gasteiger partial charge in [0.1, 0.15) is 17.3 Å². The zero-order chi connectivity index (χ0) is 23.7. The molecule has 0 saturated heterocycles. The number of hydrogen-bond donors (Lipinski definition) is 7. The second-order valence-corrected chi connectivity index (χ2v) is 7.92. The predicted molar refractivity (Wildman–Crippen MR) is 102 cm³/mol. The highest BCUT2D eigenvalue weighted by Gasteiger charge is 2.57. The van der Waals surface area contributed by atoms with Gasteiger partial charge in [-0.1, -0.05) is 0 Å². The summed E-state index contributed by atoms with van der Waals surface area (Å²) in [5.41, 5.74) is -2.25. The number of nitrogens with one attached hydrogen (secondary N) is 2. The van der Waals surface area contributed by atoms with E-state index in [1.54, 1.807) is 4.72 Å². The molecule has 3 rings (SSSR count). The number of rotatable bonds is 6. The predicted octanol–water partition coefficient (Wildman–Crippen LogP) is 1.74. The number of amides is 1. The van der Waals surface area contributed by atoms with Gasteiger partial charge in [-0.25, -0.2) is 18.3 Å². The maximum absolute atomic E-state index is 13.0. The van der Waals surface area contributed by atoms with E-state index in [1.807, 2.05) is 0 Å².